The molecular weight excluding hydrogens is 436 g/mol. The van der Waals surface area contributed by atoms with E-state index in [1.165, 1.54) is 6.07 Å². The van der Waals surface area contributed by atoms with E-state index in [4.69, 9.17) is 4.74 Å². The van der Waals surface area contributed by atoms with Gasteiger partial charge in [-0.05, 0) is 32.0 Å². The van der Waals surface area contributed by atoms with Crippen LogP contribution < -0.4 is 15.4 Å². The third kappa shape index (κ3) is 7.72. The van der Waals surface area contributed by atoms with Crippen LogP contribution in [0.15, 0.2) is 47.7 Å². The van der Waals surface area contributed by atoms with E-state index in [0.29, 0.717) is 19.0 Å². The average molecular weight is 461 g/mol. The maximum atomic E-state index is 13.6. The molecule has 0 aliphatic carbocycles. The second-order valence-corrected chi connectivity index (χ2v) is 5.27. The van der Waals surface area contributed by atoms with Gasteiger partial charge in [0.05, 0.1) is 13.1 Å². The maximum absolute atomic E-state index is 13.6. The standard InChI is InChI=1S/C17H24FN5O.HI/c1-3-19-17(20-10-12-23-11-6-9-22-23)21-13-14(2)24-16-8-5-4-7-15(16)18;/h4-9,11,14H,3,10,12-13H2,1-2H3,(H2,19,20,21);1H. The number of benzene rings is 1. The molecule has 8 heteroatoms. The Bertz CT molecular complexity index is 636. The summed E-state index contributed by atoms with van der Waals surface area (Å²) < 4.78 is 21.0. The van der Waals surface area contributed by atoms with Gasteiger partial charge in [0.2, 0.25) is 0 Å². The molecule has 2 N–H and O–H groups in total. The van der Waals surface area contributed by atoms with Crippen LogP contribution in [0.4, 0.5) is 4.39 Å². The Morgan fingerprint density at radius 1 is 1.32 bits per heavy atom. The number of hydrogen-bond donors (Lipinski definition) is 2. The second kappa shape index (κ2) is 11.7. The van der Waals surface area contributed by atoms with Crippen LogP contribution in [-0.4, -0.2) is 41.5 Å². The molecule has 1 atom stereocenters. The van der Waals surface area contributed by atoms with Gasteiger partial charge in [-0.15, -0.1) is 24.0 Å². The van der Waals surface area contributed by atoms with Crippen LogP contribution >= 0.6 is 24.0 Å². The zero-order valence-corrected chi connectivity index (χ0v) is 16.8. The van der Waals surface area contributed by atoms with Crippen molar-refractivity contribution < 1.29 is 9.13 Å². The summed E-state index contributed by atoms with van der Waals surface area (Å²) in [6, 6.07) is 8.27. The van der Waals surface area contributed by atoms with E-state index in [1.54, 1.807) is 24.4 Å². The Labute approximate surface area is 164 Å². The lowest BCUT2D eigenvalue weighted by Gasteiger charge is -2.15. The lowest BCUT2D eigenvalue weighted by Crippen LogP contribution is -2.39. The number of aliphatic imine (C=N–C) groups is 1. The summed E-state index contributed by atoms with van der Waals surface area (Å²) in [5, 5.41) is 10.6. The Kier molecular flexibility index (Phi) is 9.90. The number of guanidine groups is 1. The summed E-state index contributed by atoms with van der Waals surface area (Å²) >= 11 is 0. The van der Waals surface area contributed by atoms with Gasteiger partial charge >= 0.3 is 0 Å². The van der Waals surface area contributed by atoms with Crippen LogP contribution in [0.3, 0.4) is 0 Å². The monoisotopic (exact) mass is 461 g/mol. The van der Waals surface area contributed by atoms with Gasteiger partial charge in [0.1, 0.15) is 6.10 Å². The number of nitrogens with zero attached hydrogens (tertiary/aromatic N) is 3. The highest BCUT2D eigenvalue weighted by molar-refractivity contribution is 14.0. The van der Waals surface area contributed by atoms with E-state index in [-0.39, 0.29) is 41.6 Å². The minimum absolute atomic E-state index is 0. The minimum atomic E-state index is -0.363. The molecule has 1 aromatic heterocycles. The highest BCUT2D eigenvalue weighted by Gasteiger charge is 2.08. The topological polar surface area (TPSA) is 63.5 Å². The van der Waals surface area contributed by atoms with Crippen LogP contribution in [0.25, 0.3) is 0 Å². The summed E-state index contributed by atoms with van der Waals surface area (Å²) in [6.07, 6.45) is 3.43. The summed E-state index contributed by atoms with van der Waals surface area (Å²) in [5.41, 5.74) is 0. The van der Waals surface area contributed by atoms with Crippen molar-refractivity contribution in [2.24, 2.45) is 4.99 Å². The van der Waals surface area contributed by atoms with Crippen molar-refractivity contribution >= 4 is 29.9 Å². The molecule has 2 aromatic rings. The van der Waals surface area contributed by atoms with Gasteiger partial charge in [0.25, 0.3) is 0 Å². The molecule has 0 radical (unpaired) electrons. The number of rotatable bonds is 8. The Morgan fingerprint density at radius 3 is 2.80 bits per heavy atom. The number of nitrogens with one attached hydrogen (secondary N) is 2. The van der Waals surface area contributed by atoms with Crippen molar-refractivity contribution in [3.63, 3.8) is 0 Å². The third-order valence-electron chi connectivity index (χ3n) is 3.21. The molecule has 0 bridgehead atoms. The van der Waals surface area contributed by atoms with Crippen LogP contribution in [0.1, 0.15) is 13.8 Å². The van der Waals surface area contributed by atoms with Crippen molar-refractivity contribution in [2.45, 2.75) is 26.5 Å². The zero-order valence-electron chi connectivity index (χ0n) is 14.5. The molecule has 0 amide bonds. The largest absolute Gasteiger partial charge is 0.486 e. The van der Waals surface area contributed by atoms with Gasteiger partial charge in [0, 0.05) is 25.5 Å². The van der Waals surface area contributed by atoms with Crippen LogP contribution in [0, 0.1) is 5.82 Å². The van der Waals surface area contributed by atoms with Crippen molar-refractivity contribution in [1.29, 1.82) is 0 Å². The van der Waals surface area contributed by atoms with E-state index in [0.717, 1.165) is 13.1 Å². The molecule has 138 valence electrons. The molecule has 0 aliphatic rings. The molecule has 25 heavy (non-hydrogen) atoms. The molecule has 0 saturated heterocycles. The van der Waals surface area contributed by atoms with Gasteiger partial charge in [0.15, 0.2) is 17.5 Å². The first-order chi connectivity index (χ1) is 11.7. The van der Waals surface area contributed by atoms with E-state index >= 15 is 0 Å². The van der Waals surface area contributed by atoms with Crippen molar-refractivity contribution in [1.82, 2.24) is 20.4 Å². The lowest BCUT2D eigenvalue weighted by molar-refractivity contribution is 0.220. The third-order valence-corrected chi connectivity index (χ3v) is 3.21. The fraction of sp³-hybridized carbons (Fsp3) is 0.412. The zero-order chi connectivity index (χ0) is 17.2. The lowest BCUT2D eigenvalue weighted by atomic mass is 10.3. The fourth-order valence-corrected chi connectivity index (χ4v) is 2.08. The molecule has 0 aliphatic heterocycles. The predicted molar refractivity (Wildman–Crippen MR) is 108 cm³/mol. The van der Waals surface area contributed by atoms with Gasteiger partial charge < -0.3 is 15.4 Å². The number of para-hydroxylation sites is 1. The number of hydrogen-bond acceptors (Lipinski definition) is 3. The molecule has 0 spiro atoms. The Hall–Kier alpha value is -1.84. The average Bonchev–Trinajstić information content (AvgIpc) is 3.08. The predicted octanol–water partition coefficient (Wildman–Crippen LogP) is 2.66. The van der Waals surface area contributed by atoms with Gasteiger partial charge in [-0.2, -0.15) is 5.10 Å². The smallest absolute Gasteiger partial charge is 0.191 e. The van der Waals surface area contributed by atoms with E-state index < -0.39 is 0 Å². The molecule has 2 rings (SSSR count). The minimum Gasteiger partial charge on any atom is -0.486 e. The van der Waals surface area contributed by atoms with Crippen LogP contribution in [0.5, 0.6) is 5.75 Å². The first-order valence-corrected chi connectivity index (χ1v) is 8.10. The fourth-order valence-electron chi connectivity index (χ4n) is 2.08. The summed E-state index contributed by atoms with van der Waals surface area (Å²) in [6.45, 7) is 6.50. The second-order valence-electron chi connectivity index (χ2n) is 5.27. The quantitative estimate of drug-likeness (QED) is 0.361. The maximum Gasteiger partial charge on any atom is 0.191 e. The number of aromatic nitrogens is 2. The highest BCUT2D eigenvalue weighted by Crippen LogP contribution is 2.16. The van der Waals surface area contributed by atoms with E-state index in [9.17, 15) is 4.39 Å². The van der Waals surface area contributed by atoms with Crippen LogP contribution in [0.2, 0.25) is 0 Å². The number of halogens is 2. The molecule has 1 heterocycles. The Balaban J connectivity index is 0.00000312. The van der Waals surface area contributed by atoms with Gasteiger partial charge in [-0.3, -0.25) is 4.68 Å². The summed E-state index contributed by atoms with van der Waals surface area (Å²) in [5.74, 6) is 0.586. The van der Waals surface area contributed by atoms with Gasteiger partial charge in [-0.1, -0.05) is 12.1 Å². The normalized spacial score (nSPS) is 12.2. The van der Waals surface area contributed by atoms with Crippen molar-refractivity contribution in [3.8, 4) is 5.75 Å². The van der Waals surface area contributed by atoms with Gasteiger partial charge in [-0.25, -0.2) is 9.38 Å². The molecular formula is C17H25FIN5O. The Morgan fingerprint density at radius 2 is 2.12 bits per heavy atom. The number of ether oxygens (including phenoxy) is 1. The molecule has 0 fully saturated rings. The van der Waals surface area contributed by atoms with Crippen molar-refractivity contribution in [2.75, 3.05) is 19.6 Å². The van der Waals surface area contributed by atoms with Crippen LogP contribution in [-0.2, 0) is 6.54 Å². The first-order valence-electron chi connectivity index (χ1n) is 8.10. The molecule has 0 saturated carbocycles. The molecule has 6 nitrogen and oxygen atoms in total. The van der Waals surface area contributed by atoms with Crippen molar-refractivity contribution in [3.05, 3.63) is 48.5 Å². The SMILES string of the molecule is CCNC(=NCC(C)Oc1ccccc1F)NCCn1cccn1.I. The molecule has 1 aromatic carbocycles. The summed E-state index contributed by atoms with van der Waals surface area (Å²) in [7, 11) is 0. The van der Waals surface area contributed by atoms with E-state index in [2.05, 4.69) is 20.7 Å². The first kappa shape index (κ1) is 21.2. The molecule has 1 unspecified atom stereocenters. The summed E-state index contributed by atoms with van der Waals surface area (Å²) in [4.78, 5) is 4.48. The highest BCUT2D eigenvalue weighted by atomic mass is 127. The van der Waals surface area contributed by atoms with E-state index in [1.807, 2.05) is 30.8 Å².